The molecule has 1 aliphatic heterocycles. The van der Waals surface area contributed by atoms with Crippen LogP contribution in [0.15, 0.2) is 53.4 Å². The number of benzene rings is 3. The maximum atomic E-state index is 14.9. The number of alkyl halides is 2. The van der Waals surface area contributed by atoms with Crippen molar-refractivity contribution < 1.29 is 36.2 Å². The standard InChI is InChI=1S/C36H34ClF3N6O5S2/c1-19-30-28-9-8-26(37)31(30)32-27(42-44(3)34(32)35(39)40)17-45(53(4,49)50)16-22-14-23(43(2)41-22)18-52-24-13-20-12-21(38)6-7-25(20)29(15-24)51-11-5-10-46(28)33(19)36(47)48/h6-9,12-15,35H,5,10-11,16-18H2,1-4H3,(H,47,48). The molecule has 0 radical (unpaired) electrons. The number of aryl methyl sites for hydroxylation is 4. The van der Waals surface area contributed by atoms with Gasteiger partial charge in [-0.1, -0.05) is 11.6 Å². The minimum atomic E-state index is -3.96. The molecular weight excluding hydrogens is 753 g/mol. The molecule has 278 valence electrons. The highest BCUT2D eigenvalue weighted by atomic mass is 35.5. The van der Waals surface area contributed by atoms with Crippen molar-refractivity contribution in [3.05, 3.63) is 93.4 Å². The van der Waals surface area contributed by atoms with Crippen LogP contribution < -0.4 is 4.74 Å². The van der Waals surface area contributed by atoms with Crippen LogP contribution in [0.3, 0.4) is 0 Å². The lowest BCUT2D eigenvalue weighted by atomic mass is 9.96. The number of nitrogens with zero attached hydrogens (tertiary/aromatic N) is 6. The number of ether oxygens (including phenoxy) is 1. The molecule has 0 amide bonds. The lowest BCUT2D eigenvalue weighted by molar-refractivity contribution is 0.0684. The zero-order valence-electron chi connectivity index (χ0n) is 29.0. The minimum absolute atomic E-state index is 0.0143. The van der Waals surface area contributed by atoms with Crippen molar-refractivity contribution >= 4 is 61.0 Å². The Kier molecular flexibility index (Phi) is 9.76. The fraction of sp³-hybridized carbons (Fsp3) is 0.306. The van der Waals surface area contributed by atoms with Gasteiger partial charge in [-0.3, -0.25) is 9.36 Å². The first kappa shape index (κ1) is 36.8. The average molecular weight is 787 g/mol. The number of carboxylic acids is 1. The van der Waals surface area contributed by atoms with Gasteiger partial charge in [-0.05, 0) is 72.8 Å². The molecule has 53 heavy (non-hydrogen) atoms. The van der Waals surface area contributed by atoms with Gasteiger partial charge in [0.2, 0.25) is 10.0 Å². The van der Waals surface area contributed by atoms with E-state index in [0.29, 0.717) is 50.9 Å². The Morgan fingerprint density at radius 2 is 1.81 bits per heavy atom. The molecule has 0 saturated heterocycles. The molecule has 3 aromatic heterocycles. The summed E-state index contributed by atoms with van der Waals surface area (Å²) in [7, 11) is -0.884. The summed E-state index contributed by atoms with van der Waals surface area (Å²) in [4.78, 5) is 13.6. The summed E-state index contributed by atoms with van der Waals surface area (Å²) in [5, 5.41) is 21.1. The summed E-state index contributed by atoms with van der Waals surface area (Å²) in [5.41, 5.74) is 1.43. The Balaban J connectivity index is 1.44. The SMILES string of the molecule is Cc1c(C(=O)O)n2c3ccc(Cl)c(c13)-c1c(nn(C)c1C(F)F)CN(S(C)(=O)=O)Cc1cc(n(C)n1)CSc1cc(c3ccc(F)cc3c1)OCCC2. The number of sulfonamides is 1. The van der Waals surface area contributed by atoms with Gasteiger partial charge in [0, 0.05) is 69.4 Å². The van der Waals surface area contributed by atoms with Gasteiger partial charge in [-0.2, -0.15) is 14.5 Å². The Morgan fingerprint density at radius 3 is 2.53 bits per heavy atom. The summed E-state index contributed by atoms with van der Waals surface area (Å²) in [6, 6.07) is 13.1. The molecule has 0 saturated carbocycles. The van der Waals surface area contributed by atoms with Crippen LogP contribution in [-0.2, 0) is 49.5 Å². The van der Waals surface area contributed by atoms with E-state index in [1.54, 1.807) is 41.4 Å². The van der Waals surface area contributed by atoms with Gasteiger partial charge >= 0.3 is 5.97 Å². The van der Waals surface area contributed by atoms with Gasteiger partial charge in [-0.15, -0.1) is 11.8 Å². The van der Waals surface area contributed by atoms with Crippen LogP contribution in [0.1, 0.15) is 51.7 Å². The Hall–Kier alpha value is -4.51. The molecule has 1 N–H and O–H groups in total. The predicted molar refractivity (Wildman–Crippen MR) is 197 cm³/mol. The molecule has 0 spiro atoms. The minimum Gasteiger partial charge on any atom is -0.493 e. The fourth-order valence-corrected chi connectivity index (χ4v) is 9.02. The van der Waals surface area contributed by atoms with Crippen LogP contribution in [0.25, 0.3) is 32.8 Å². The zero-order chi connectivity index (χ0) is 37.9. The third kappa shape index (κ3) is 6.88. The van der Waals surface area contributed by atoms with Gasteiger partial charge < -0.3 is 14.4 Å². The second-order valence-corrected chi connectivity index (χ2v) is 16.4. The van der Waals surface area contributed by atoms with Crippen molar-refractivity contribution in [1.82, 2.24) is 28.4 Å². The topological polar surface area (TPSA) is 124 Å². The van der Waals surface area contributed by atoms with Crippen molar-refractivity contribution in [2.45, 2.75) is 50.1 Å². The van der Waals surface area contributed by atoms with E-state index >= 15 is 0 Å². The van der Waals surface area contributed by atoms with E-state index in [0.717, 1.165) is 25.8 Å². The van der Waals surface area contributed by atoms with Crippen molar-refractivity contribution in [3.63, 3.8) is 0 Å². The van der Waals surface area contributed by atoms with Crippen LogP contribution in [0.2, 0.25) is 5.02 Å². The summed E-state index contributed by atoms with van der Waals surface area (Å²) in [6.07, 6.45) is -1.67. The van der Waals surface area contributed by atoms with Gasteiger partial charge in [0.15, 0.2) is 0 Å². The highest BCUT2D eigenvalue weighted by Gasteiger charge is 2.32. The Morgan fingerprint density at radius 1 is 1.04 bits per heavy atom. The number of carboxylic acid groups (broad SMARTS) is 1. The molecule has 11 nitrogen and oxygen atoms in total. The van der Waals surface area contributed by atoms with E-state index in [9.17, 15) is 31.5 Å². The number of halogens is 4. The fourth-order valence-electron chi connectivity index (χ4n) is 7.06. The van der Waals surface area contributed by atoms with E-state index in [1.165, 1.54) is 37.0 Å². The number of carbonyl (C=O) groups is 1. The average Bonchev–Trinajstić information content (AvgIpc) is 3.69. The molecule has 0 aliphatic carbocycles. The molecule has 0 atom stereocenters. The number of rotatable bonds is 3. The third-order valence-electron chi connectivity index (χ3n) is 9.43. The summed E-state index contributed by atoms with van der Waals surface area (Å²) >= 11 is 8.29. The maximum absolute atomic E-state index is 14.9. The summed E-state index contributed by atoms with van der Waals surface area (Å²) in [6.45, 7) is 1.35. The highest BCUT2D eigenvalue weighted by Crippen LogP contribution is 2.45. The molecule has 0 unspecified atom stereocenters. The zero-order valence-corrected chi connectivity index (χ0v) is 31.4. The van der Waals surface area contributed by atoms with E-state index in [2.05, 4.69) is 10.2 Å². The van der Waals surface area contributed by atoms with Crippen LogP contribution in [0.5, 0.6) is 5.75 Å². The smallest absolute Gasteiger partial charge is 0.352 e. The summed E-state index contributed by atoms with van der Waals surface area (Å²) < 4.78 is 82.4. The quantitative estimate of drug-likeness (QED) is 0.194. The third-order valence-corrected chi connectivity index (χ3v) is 11.9. The molecule has 4 heterocycles. The van der Waals surface area contributed by atoms with Crippen molar-refractivity contribution in [2.24, 2.45) is 14.1 Å². The summed E-state index contributed by atoms with van der Waals surface area (Å²) in [5.74, 6) is -0.675. The molecule has 8 bridgehead atoms. The second-order valence-electron chi connectivity index (χ2n) is 12.9. The van der Waals surface area contributed by atoms with Crippen LogP contribution in [0.4, 0.5) is 13.2 Å². The number of aromatic carboxylic acids is 1. The van der Waals surface area contributed by atoms with E-state index in [4.69, 9.17) is 16.3 Å². The first-order chi connectivity index (χ1) is 25.1. The lowest BCUT2D eigenvalue weighted by Gasteiger charge is -2.19. The Bertz CT molecular complexity index is 2550. The van der Waals surface area contributed by atoms with Gasteiger partial charge in [0.05, 0.1) is 37.3 Å². The van der Waals surface area contributed by atoms with Crippen molar-refractivity contribution in [2.75, 3.05) is 12.9 Å². The van der Waals surface area contributed by atoms with Crippen molar-refractivity contribution in [1.29, 1.82) is 0 Å². The molecule has 1 aliphatic rings. The monoisotopic (exact) mass is 786 g/mol. The van der Waals surface area contributed by atoms with Crippen molar-refractivity contribution in [3.8, 4) is 16.9 Å². The normalized spacial score (nSPS) is 14.8. The number of hydrogen-bond donors (Lipinski definition) is 1. The van der Waals surface area contributed by atoms with Gasteiger partial charge in [-0.25, -0.2) is 26.4 Å². The van der Waals surface area contributed by atoms with Gasteiger partial charge in [0.1, 0.15) is 23.0 Å². The molecule has 17 heteroatoms. The Labute approximate surface area is 311 Å². The van der Waals surface area contributed by atoms with Gasteiger partial charge in [0.25, 0.3) is 6.43 Å². The number of fused-ring (bicyclic) bond motifs is 8. The maximum Gasteiger partial charge on any atom is 0.352 e. The number of hydrogen-bond acceptors (Lipinski definition) is 7. The lowest BCUT2D eigenvalue weighted by Crippen LogP contribution is -2.29. The number of thioether (sulfide) groups is 1. The predicted octanol–water partition coefficient (Wildman–Crippen LogP) is 7.70. The largest absolute Gasteiger partial charge is 0.493 e. The van der Waals surface area contributed by atoms with Crippen LogP contribution >= 0.6 is 23.4 Å². The molecule has 0 fully saturated rings. The highest BCUT2D eigenvalue weighted by molar-refractivity contribution is 7.98. The van der Waals surface area contributed by atoms with E-state index in [-0.39, 0.29) is 47.2 Å². The molecular formula is C36H34ClF3N6O5S2. The first-order valence-corrected chi connectivity index (χ1v) is 19.7. The second kappa shape index (κ2) is 14.0. The molecule has 7 rings (SSSR count). The van der Waals surface area contributed by atoms with Crippen LogP contribution in [-0.4, -0.2) is 60.8 Å². The van der Waals surface area contributed by atoms with Crippen LogP contribution in [0, 0.1) is 12.7 Å². The molecule has 3 aromatic carbocycles. The van der Waals surface area contributed by atoms with E-state index in [1.807, 2.05) is 12.1 Å². The number of aromatic nitrogens is 5. The first-order valence-electron chi connectivity index (χ1n) is 16.5. The molecule has 6 aromatic rings. The van der Waals surface area contributed by atoms with E-state index < -0.39 is 40.5 Å².